The highest BCUT2D eigenvalue weighted by Gasteiger charge is 2.03. The SMILES string of the molecule is Nc1cc(SCC(O)CO)ncn1. The minimum atomic E-state index is -0.721. The van der Waals surface area contributed by atoms with E-state index in [0.717, 1.165) is 0 Å². The second-order valence-corrected chi connectivity index (χ2v) is 3.47. The molecule has 4 N–H and O–H groups in total. The highest BCUT2D eigenvalue weighted by Crippen LogP contribution is 2.16. The maximum absolute atomic E-state index is 9.04. The molecule has 1 unspecified atom stereocenters. The van der Waals surface area contributed by atoms with Gasteiger partial charge < -0.3 is 15.9 Å². The van der Waals surface area contributed by atoms with Crippen LogP contribution in [0.25, 0.3) is 0 Å². The molecule has 0 radical (unpaired) electrons. The summed E-state index contributed by atoms with van der Waals surface area (Å²) in [5.74, 6) is 0.795. The number of thioether (sulfide) groups is 1. The van der Waals surface area contributed by atoms with Crippen molar-refractivity contribution < 1.29 is 10.2 Å². The Balaban J connectivity index is 2.45. The minimum absolute atomic E-state index is 0.242. The lowest BCUT2D eigenvalue weighted by molar-refractivity contribution is 0.113. The molecular weight excluding hydrogens is 190 g/mol. The number of hydrogen-bond acceptors (Lipinski definition) is 6. The topological polar surface area (TPSA) is 92.3 Å². The Morgan fingerprint density at radius 2 is 2.31 bits per heavy atom. The lowest BCUT2D eigenvalue weighted by Gasteiger charge is -2.05. The molecule has 0 saturated heterocycles. The first-order chi connectivity index (χ1) is 6.22. The van der Waals surface area contributed by atoms with Crippen LogP contribution in [0.4, 0.5) is 5.82 Å². The van der Waals surface area contributed by atoms with Crippen LogP contribution < -0.4 is 5.73 Å². The maximum atomic E-state index is 9.04. The average molecular weight is 201 g/mol. The number of hydrogen-bond donors (Lipinski definition) is 3. The van der Waals surface area contributed by atoms with Crippen molar-refractivity contribution in [1.29, 1.82) is 0 Å². The zero-order valence-corrected chi connectivity index (χ0v) is 7.74. The van der Waals surface area contributed by atoms with Gasteiger partial charge in [-0.2, -0.15) is 0 Å². The van der Waals surface area contributed by atoms with Gasteiger partial charge in [0.2, 0.25) is 0 Å². The van der Waals surface area contributed by atoms with Gasteiger partial charge in [-0.25, -0.2) is 9.97 Å². The van der Waals surface area contributed by atoms with Crippen molar-refractivity contribution in [2.75, 3.05) is 18.1 Å². The van der Waals surface area contributed by atoms with Gasteiger partial charge in [-0.1, -0.05) is 0 Å². The summed E-state index contributed by atoms with van der Waals surface area (Å²) in [7, 11) is 0. The number of nitrogen functional groups attached to an aromatic ring is 1. The van der Waals surface area contributed by atoms with E-state index in [1.165, 1.54) is 18.1 Å². The summed E-state index contributed by atoms with van der Waals surface area (Å²) in [6.07, 6.45) is 0.643. The van der Waals surface area contributed by atoms with Crippen molar-refractivity contribution in [2.45, 2.75) is 11.1 Å². The van der Waals surface area contributed by atoms with E-state index in [1.54, 1.807) is 6.07 Å². The zero-order chi connectivity index (χ0) is 9.68. The second kappa shape index (κ2) is 5.00. The van der Waals surface area contributed by atoms with Gasteiger partial charge in [0.05, 0.1) is 12.7 Å². The summed E-state index contributed by atoms with van der Waals surface area (Å²) in [5, 5.41) is 18.3. The van der Waals surface area contributed by atoms with Gasteiger partial charge in [0.25, 0.3) is 0 Å². The molecule has 0 aromatic carbocycles. The molecule has 1 atom stereocenters. The highest BCUT2D eigenvalue weighted by molar-refractivity contribution is 7.99. The molecule has 0 spiro atoms. The Labute approximate surface area is 80.0 Å². The molecule has 1 aromatic rings. The van der Waals surface area contributed by atoms with Crippen LogP contribution >= 0.6 is 11.8 Å². The Morgan fingerprint density at radius 3 is 2.92 bits per heavy atom. The summed E-state index contributed by atoms with van der Waals surface area (Å²) in [5.41, 5.74) is 5.42. The number of rotatable bonds is 4. The summed E-state index contributed by atoms with van der Waals surface area (Å²) >= 11 is 1.33. The molecule has 6 heteroatoms. The fourth-order valence-corrected chi connectivity index (χ4v) is 1.46. The third-order valence-corrected chi connectivity index (χ3v) is 2.37. The molecule has 5 nitrogen and oxygen atoms in total. The first-order valence-electron chi connectivity index (χ1n) is 3.71. The van der Waals surface area contributed by atoms with Crippen LogP contribution in [0.2, 0.25) is 0 Å². The van der Waals surface area contributed by atoms with E-state index in [9.17, 15) is 0 Å². The van der Waals surface area contributed by atoms with E-state index in [2.05, 4.69) is 9.97 Å². The summed E-state index contributed by atoms with van der Waals surface area (Å²) in [4.78, 5) is 7.65. The standard InChI is InChI=1S/C7H11N3O2S/c8-6-1-7(10-4-9-6)13-3-5(12)2-11/h1,4-5,11-12H,2-3H2,(H2,8,9,10). The van der Waals surface area contributed by atoms with Crippen molar-refractivity contribution in [2.24, 2.45) is 0 Å². The van der Waals surface area contributed by atoms with Gasteiger partial charge in [-0.05, 0) is 0 Å². The van der Waals surface area contributed by atoms with E-state index < -0.39 is 6.10 Å². The van der Waals surface area contributed by atoms with Crippen molar-refractivity contribution >= 4 is 17.6 Å². The lowest BCUT2D eigenvalue weighted by atomic mass is 10.4. The Hall–Kier alpha value is -0.850. The number of nitrogens with zero attached hydrogens (tertiary/aromatic N) is 2. The van der Waals surface area contributed by atoms with Crippen LogP contribution in [0, 0.1) is 0 Å². The number of nitrogens with two attached hydrogens (primary N) is 1. The maximum Gasteiger partial charge on any atom is 0.127 e. The molecule has 0 saturated carbocycles. The van der Waals surface area contributed by atoms with Crippen molar-refractivity contribution in [3.05, 3.63) is 12.4 Å². The van der Waals surface area contributed by atoms with Crippen LogP contribution in [0.15, 0.2) is 17.4 Å². The predicted molar refractivity (Wildman–Crippen MR) is 50.3 cm³/mol. The lowest BCUT2D eigenvalue weighted by Crippen LogP contribution is -2.14. The first kappa shape index (κ1) is 10.2. The molecule has 13 heavy (non-hydrogen) atoms. The van der Waals surface area contributed by atoms with Crippen LogP contribution in [0.3, 0.4) is 0 Å². The van der Waals surface area contributed by atoms with Crippen LogP contribution in [0.5, 0.6) is 0 Å². The average Bonchev–Trinajstić information content (AvgIpc) is 2.14. The quantitative estimate of drug-likeness (QED) is 0.449. The third-order valence-electron chi connectivity index (χ3n) is 1.30. The Morgan fingerprint density at radius 1 is 1.54 bits per heavy atom. The predicted octanol–water partition coefficient (Wildman–Crippen LogP) is -0.496. The smallest absolute Gasteiger partial charge is 0.127 e. The fourth-order valence-electron chi connectivity index (χ4n) is 0.667. The first-order valence-corrected chi connectivity index (χ1v) is 4.70. The van der Waals surface area contributed by atoms with Gasteiger partial charge in [-0.15, -0.1) is 11.8 Å². The highest BCUT2D eigenvalue weighted by atomic mass is 32.2. The van der Waals surface area contributed by atoms with E-state index in [4.69, 9.17) is 15.9 Å². The molecule has 0 amide bonds. The molecule has 72 valence electrons. The van der Waals surface area contributed by atoms with E-state index in [-0.39, 0.29) is 6.61 Å². The molecule has 0 bridgehead atoms. The Bertz CT molecular complexity index is 272. The summed E-state index contributed by atoms with van der Waals surface area (Å²) < 4.78 is 0. The van der Waals surface area contributed by atoms with Gasteiger partial charge in [-0.3, -0.25) is 0 Å². The van der Waals surface area contributed by atoms with E-state index in [1.807, 2.05) is 0 Å². The van der Waals surface area contributed by atoms with Gasteiger partial charge in [0.15, 0.2) is 0 Å². The molecule has 1 aromatic heterocycles. The normalized spacial score (nSPS) is 12.8. The number of aliphatic hydroxyl groups is 2. The van der Waals surface area contributed by atoms with Gasteiger partial charge in [0, 0.05) is 11.8 Å². The molecule has 0 aliphatic heterocycles. The largest absolute Gasteiger partial charge is 0.394 e. The molecule has 0 fully saturated rings. The van der Waals surface area contributed by atoms with Crippen LogP contribution in [0.1, 0.15) is 0 Å². The fraction of sp³-hybridized carbons (Fsp3) is 0.429. The monoisotopic (exact) mass is 201 g/mol. The van der Waals surface area contributed by atoms with Crippen molar-refractivity contribution in [3.63, 3.8) is 0 Å². The van der Waals surface area contributed by atoms with Crippen LogP contribution in [-0.4, -0.2) is 38.6 Å². The number of anilines is 1. The molecule has 0 aliphatic rings. The zero-order valence-electron chi connectivity index (χ0n) is 6.92. The Kier molecular flexibility index (Phi) is 3.94. The minimum Gasteiger partial charge on any atom is -0.394 e. The van der Waals surface area contributed by atoms with Gasteiger partial charge in [0.1, 0.15) is 17.2 Å². The molecule has 1 heterocycles. The van der Waals surface area contributed by atoms with Crippen molar-refractivity contribution in [1.82, 2.24) is 9.97 Å². The number of aliphatic hydroxyl groups excluding tert-OH is 2. The summed E-state index contributed by atoms with van der Waals surface area (Å²) in [6, 6.07) is 1.62. The van der Waals surface area contributed by atoms with Gasteiger partial charge >= 0.3 is 0 Å². The molecular formula is C7H11N3O2S. The summed E-state index contributed by atoms with van der Waals surface area (Å²) in [6.45, 7) is -0.242. The van der Waals surface area contributed by atoms with Crippen LogP contribution in [-0.2, 0) is 0 Å². The van der Waals surface area contributed by atoms with E-state index >= 15 is 0 Å². The van der Waals surface area contributed by atoms with E-state index in [0.29, 0.717) is 16.6 Å². The third kappa shape index (κ3) is 3.58. The van der Waals surface area contributed by atoms with Crippen molar-refractivity contribution in [3.8, 4) is 0 Å². The second-order valence-electron chi connectivity index (χ2n) is 2.43. The molecule has 0 aliphatic carbocycles. The number of aromatic nitrogens is 2. The molecule has 1 rings (SSSR count).